The average Bonchev–Trinajstić information content (AvgIpc) is 2.97. The predicted octanol–water partition coefficient (Wildman–Crippen LogP) is 5.44. The molecule has 3 aromatic rings. The summed E-state index contributed by atoms with van der Waals surface area (Å²) in [5.74, 6) is -1.37. The Balaban J connectivity index is 0.000000299. The van der Waals surface area contributed by atoms with Gasteiger partial charge >= 0.3 is 0 Å². The van der Waals surface area contributed by atoms with E-state index in [0.717, 1.165) is 49.1 Å². The molecule has 0 saturated carbocycles. The van der Waals surface area contributed by atoms with Gasteiger partial charge in [0.1, 0.15) is 9.84 Å². The van der Waals surface area contributed by atoms with Gasteiger partial charge in [-0.1, -0.05) is 13.0 Å². The molecular weight excluding hydrogens is 444 g/mol. The summed E-state index contributed by atoms with van der Waals surface area (Å²) in [4.78, 5) is 2.06. The third-order valence-electron chi connectivity index (χ3n) is 5.51. The molecular formula is C25H35F2N3O2S. The lowest BCUT2D eigenvalue weighted by molar-refractivity contribution is 0.398. The number of nitrogens with zero attached hydrogens (tertiary/aromatic N) is 2. The van der Waals surface area contributed by atoms with Crippen LogP contribution in [0.15, 0.2) is 36.4 Å². The van der Waals surface area contributed by atoms with E-state index in [1.165, 1.54) is 29.0 Å². The number of aryl methyl sites for hydroxylation is 2. The summed E-state index contributed by atoms with van der Waals surface area (Å²) >= 11 is 0. The zero-order valence-corrected chi connectivity index (χ0v) is 21.2. The van der Waals surface area contributed by atoms with Crippen molar-refractivity contribution in [3.05, 3.63) is 59.3 Å². The standard InChI is InChI=1S/C18H18F2N2.C7H17NO2S/c1-4-17-11(2)14-7-5-13(10-18(14)22(17)3)21-12-6-8-15(19)16(20)9-12;1-8(2)6-4-5-7-11(3,9)10/h5-10,21H,4H2,1-3H3;4-7H2,1-3H3. The third kappa shape index (κ3) is 7.82. The van der Waals surface area contributed by atoms with Gasteiger partial charge in [-0.3, -0.25) is 0 Å². The molecule has 1 N–H and O–H groups in total. The predicted molar refractivity (Wildman–Crippen MR) is 134 cm³/mol. The SMILES string of the molecule is CCc1c(C)c2ccc(Nc3ccc(F)c(F)c3)cc2n1C.CN(C)CCCCS(C)(=O)=O. The highest BCUT2D eigenvalue weighted by Gasteiger charge is 2.11. The van der Waals surface area contributed by atoms with Crippen LogP contribution in [0, 0.1) is 18.6 Å². The van der Waals surface area contributed by atoms with Gasteiger partial charge in [0.2, 0.25) is 0 Å². The lowest BCUT2D eigenvalue weighted by atomic mass is 10.1. The van der Waals surface area contributed by atoms with E-state index in [4.69, 9.17) is 0 Å². The van der Waals surface area contributed by atoms with Gasteiger partial charge < -0.3 is 14.8 Å². The van der Waals surface area contributed by atoms with Crippen LogP contribution in [0.2, 0.25) is 0 Å². The van der Waals surface area contributed by atoms with Crippen LogP contribution in [0.4, 0.5) is 20.2 Å². The molecule has 2 aromatic carbocycles. The van der Waals surface area contributed by atoms with E-state index in [1.807, 2.05) is 26.2 Å². The molecule has 0 atom stereocenters. The number of unbranched alkanes of at least 4 members (excludes halogenated alkanes) is 1. The molecule has 8 heteroatoms. The van der Waals surface area contributed by atoms with Crippen molar-refractivity contribution in [2.75, 3.05) is 38.0 Å². The Labute approximate surface area is 196 Å². The molecule has 182 valence electrons. The van der Waals surface area contributed by atoms with Crippen LogP contribution in [0.25, 0.3) is 10.9 Å². The van der Waals surface area contributed by atoms with E-state index < -0.39 is 21.5 Å². The Morgan fingerprint density at radius 3 is 2.21 bits per heavy atom. The fraction of sp³-hybridized carbons (Fsp3) is 0.440. The maximum Gasteiger partial charge on any atom is 0.160 e. The topological polar surface area (TPSA) is 54.3 Å². The van der Waals surface area contributed by atoms with E-state index in [2.05, 4.69) is 41.7 Å². The first-order valence-corrected chi connectivity index (χ1v) is 13.1. The van der Waals surface area contributed by atoms with Crippen LogP contribution in [-0.2, 0) is 23.3 Å². The van der Waals surface area contributed by atoms with Crippen LogP contribution >= 0.6 is 0 Å². The van der Waals surface area contributed by atoms with Gasteiger partial charge in [-0.25, -0.2) is 17.2 Å². The molecule has 0 aliphatic heterocycles. The molecule has 1 aromatic heterocycles. The lowest BCUT2D eigenvalue weighted by Gasteiger charge is -2.08. The second-order valence-electron chi connectivity index (χ2n) is 8.61. The molecule has 5 nitrogen and oxygen atoms in total. The molecule has 0 amide bonds. The van der Waals surface area contributed by atoms with E-state index in [1.54, 1.807) is 0 Å². The Morgan fingerprint density at radius 1 is 1.00 bits per heavy atom. The summed E-state index contributed by atoms with van der Waals surface area (Å²) in [6, 6.07) is 9.85. The van der Waals surface area contributed by atoms with Crippen molar-refractivity contribution in [3.8, 4) is 0 Å². The summed E-state index contributed by atoms with van der Waals surface area (Å²) in [5.41, 5.74) is 5.10. The second-order valence-corrected chi connectivity index (χ2v) is 10.9. The maximum absolute atomic E-state index is 13.3. The minimum absolute atomic E-state index is 0.320. The van der Waals surface area contributed by atoms with Crippen molar-refractivity contribution in [2.45, 2.75) is 33.1 Å². The maximum atomic E-state index is 13.3. The van der Waals surface area contributed by atoms with Gasteiger partial charge in [-0.2, -0.15) is 0 Å². The van der Waals surface area contributed by atoms with Gasteiger partial charge in [-0.05, 0) is 76.7 Å². The fourth-order valence-electron chi connectivity index (χ4n) is 3.79. The van der Waals surface area contributed by atoms with Crippen molar-refractivity contribution in [1.82, 2.24) is 9.47 Å². The molecule has 1 heterocycles. The Bertz CT molecular complexity index is 1190. The Kier molecular flexibility index (Phi) is 9.43. The number of nitrogens with one attached hydrogen (secondary N) is 1. The minimum atomic E-state index is -2.74. The Hall–Kier alpha value is -2.45. The monoisotopic (exact) mass is 479 g/mol. The molecule has 0 aliphatic carbocycles. The minimum Gasteiger partial charge on any atom is -0.355 e. The van der Waals surface area contributed by atoms with E-state index in [-0.39, 0.29) is 0 Å². The number of anilines is 2. The number of rotatable bonds is 8. The quantitative estimate of drug-likeness (QED) is 0.437. The highest BCUT2D eigenvalue weighted by Crippen LogP contribution is 2.29. The van der Waals surface area contributed by atoms with Gasteiger partial charge in [0.05, 0.1) is 5.52 Å². The zero-order valence-electron chi connectivity index (χ0n) is 20.4. The number of halogens is 2. The average molecular weight is 480 g/mol. The van der Waals surface area contributed by atoms with Crippen molar-refractivity contribution in [1.29, 1.82) is 0 Å². The number of hydrogen-bond acceptors (Lipinski definition) is 4. The van der Waals surface area contributed by atoms with Crippen molar-refractivity contribution < 1.29 is 17.2 Å². The molecule has 0 saturated heterocycles. The number of fused-ring (bicyclic) bond motifs is 1. The van der Waals surface area contributed by atoms with Crippen LogP contribution in [0.1, 0.15) is 31.0 Å². The summed E-state index contributed by atoms with van der Waals surface area (Å²) < 4.78 is 49.8. The highest BCUT2D eigenvalue weighted by molar-refractivity contribution is 7.90. The normalized spacial score (nSPS) is 11.5. The van der Waals surface area contributed by atoms with Crippen molar-refractivity contribution in [3.63, 3.8) is 0 Å². The molecule has 3 rings (SSSR count). The molecule has 0 aliphatic rings. The summed E-state index contributed by atoms with van der Waals surface area (Å²) in [6.07, 6.45) is 3.99. The van der Waals surface area contributed by atoms with Gasteiger partial charge in [0.15, 0.2) is 11.6 Å². The van der Waals surface area contributed by atoms with Crippen molar-refractivity contribution >= 4 is 32.1 Å². The summed E-state index contributed by atoms with van der Waals surface area (Å²) in [7, 11) is 3.28. The van der Waals surface area contributed by atoms with Crippen LogP contribution in [-0.4, -0.2) is 50.5 Å². The number of hydrogen-bond donors (Lipinski definition) is 1. The van der Waals surface area contributed by atoms with Gasteiger partial charge in [0.25, 0.3) is 0 Å². The van der Waals surface area contributed by atoms with E-state index >= 15 is 0 Å². The first-order valence-electron chi connectivity index (χ1n) is 11.1. The number of sulfone groups is 1. The van der Waals surface area contributed by atoms with Crippen molar-refractivity contribution in [2.24, 2.45) is 7.05 Å². The summed E-state index contributed by atoms with van der Waals surface area (Å²) in [5, 5.41) is 4.34. The van der Waals surface area contributed by atoms with E-state index in [9.17, 15) is 17.2 Å². The van der Waals surface area contributed by atoms with Crippen LogP contribution < -0.4 is 5.32 Å². The number of benzene rings is 2. The third-order valence-corrected chi connectivity index (χ3v) is 6.54. The summed E-state index contributed by atoms with van der Waals surface area (Å²) in [6.45, 7) is 5.24. The molecule has 0 spiro atoms. The first kappa shape index (κ1) is 26.8. The molecule has 0 unspecified atom stereocenters. The smallest absolute Gasteiger partial charge is 0.160 e. The second kappa shape index (κ2) is 11.6. The van der Waals surface area contributed by atoms with Gasteiger partial charge in [0, 0.05) is 47.6 Å². The molecule has 0 bridgehead atoms. The lowest BCUT2D eigenvalue weighted by Crippen LogP contribution is -2.14. The molecule has 0 radical (unpaired) electrons. The van der Waals surface area contributed by atoms with Gasteiger partial charge in [-0.15, -0.1) is 0 Å². The highest BCUT2D eigenvalue weighted by atomic mass is 32.2. The fourth-order valence-corrected chi connectivity index (χ4v) is 4.52. The molecule has 33 heavy (non-hydrogen) atoms. The first-order chi connectivity index (χ1) is 15.4. The molecule has 0 fully saturated rings. The zero-order chi connectivity index (χ0) is 24.8. The van der Waals surface area contributed by atoms with Crippen LogP contribution in [0.5, 0.6) is 0 Å². The number of aromatic nitrogens is 1. The van der Waals surface area contributed by atoms with Crippen LogP contribution in [0.3, 0.4) is 0 Å². The Morgan fingerprint density at radius 2 is 1.64 bits per heavy atom. The van der Waals surface area contributed by atoms with E-state index in [0.29, 0.717) is 11.4 Å². The largest absolute Gasteiger partial charge is 0.355 e.